The van der Waals surface area contributed by atoms with Gasteiger partial charge in [0.05, 0.1) is 31.3 Å². The largest absolute Gasteiger partial charge is 0.466 e. The van der Waals surface area contributed by atoms with E-state index in [1.165, 1.54) is 29.0 Å². The molecule has 0 amide bonds. The van der Waals surface area contributed by atoms with Crippen LogP contribution in [-0.4, -0.2) is 50.1 Å². The molecule has 2 fully saturated rings. The van der Waals surface area contributed by atoms with Crippen LogP contribution in [0.2, 0.25) is 0 Å². The second kappa shape index (κ2) is 10.6. The lowest BCUT2D eigenvalue weighted by atomic mass is 9.61. The van der Waals surface area contributed by atoms with Crippen molar-refractivity contribution in [3.8, 4) is 0 Å². The number of esters is 1. The summed E-state index contributed by atoms with van der Waals surface area (Å²) in [5, 5.41) is 6.32. The Morgan fingerprint density at radius 3 is 2.63 bits per heavy atom. The lowest BCUT2D eigenvalue weighted by Crippen LogP contribution is -2.52. The van der Waals surface area contributed by atoms with Gasteiger partial charge in [0.15, 0.2) is 6.29 Å². The quantitative estimate of drug-likeness (QED) is 0.335. The van der Waals surface area contributed by atoms with Crippen LogP contribution in [-0.2, 0) is 24.4 Å². The highest BCUT2D eigenvalue weighted by Crippen LogP contribution is 2.61. The second-order valence-corrected chi connectivity index (χ2v) is 12.1. The van der Waals surface area contributed by atoms with Crippen molar-refractivity contribution in [1.82, 2.24) is 4.90 Å². The summed E-state index contributed by atoms with van der Waals surface area (Å²) in [5.41, 5.74) is 5.34. The zero-order valence-electron chi connectivity index (χ0n) is 24.3. The molecule has 214 valence electrons. The van der Waals surface area contributed by atoms with Gasteiger partial charge in [-0.05, 0) is 66.5 Å². The van der Waals surface area contributed by atoms with E-state index >= 15 is 0 Å². The van der Waals surface area contributed by atoms with Gasteiger partial charge in [0.2, 0.25) is 0 Å². The molecule has 0 bridgehead atoms. The van der Waals surface area contributed by atoms with Crippen molar-refractivity contribution in [1.29, 1.82) is 0 Å². The van der Waals surface area contributed by atoms with E-state index < -0.39 is 0 Å². The zero-order valence-corrected chi connectivity index (χ0v) is 24.3. The summed E-state index contributed by atoms with van der Waals surface area (Å²) in [6.07, 6.45) is 3.36. The fourth-order valence-corrected chi connectivity index (χ4v) is 8.55. The number of hydrogen-bond acceptors (Lipinski definition) is 6. The first-order chi connectivity index (χ1) is 20.1. The number of carbonyl (C=O) groups excluding carboxylic acids is 1. The van der Waals surface area contributed by atoms with Gasteiger partial charge in [-0.15, -0.1) is 0 Å². The lowest BCUT2D eigenvalue weighted by Gasteiger charge is -2.48. The first-order valence-corrected chi connectivity index (χ1v) is 15.2. The normalized spacial score (nSPS) is 27.3. The number of anilines is 1. The van der Waals surface area contributed by atoms with Gasteiger partial charge in [-0.25, -0.2) is 4.79 Å². The first-order valence-electron chi connectivity index (χ1n) is 15.2. The first kappa shape index (κ1) is 26.7. The van der Waals surface area contributed by atoms with Crippen LogP contribution >= 0.6 is 0 Å². The molecule has 1 unspecified atom stereocenters. The molecule has 1 N–H and O–H groups in total. The summed E-state index contributed by atoms with van der Waals surface area (Å²) < 4.78 is 17.5. The smallest absolute Gasteiger partial charge is 0.335 e. The monoisotopic (exact) mass is 552 g/mol. The molecule has 4 aliphatic rings. The van der Waals surface area contributed by atoms with Gasteiger partial charge in [-0.3, -0.25) is 4.90 Å². The van der Waals surface area contributed by atoms with Crippen LogP contribution in [0.3, 0.4) is 0 Å². The predicted octanol–water partition coefficient (Wildman–Crippen LogP) is 6.57. The van der Waals surface area contributed by atoms with Gasteiger partial charge in [0.25, 0.3) is 0 Å². The van der Waals surface area contributed by atoms with Crippen molar-refractivity contribution in [2.45, 2.75) is 63.3 Å². The van der Waals surface area contributed by atoms with Gasteiger partial charge in [-0.2, -0.15) is 0 Å². The number of nitrogens with one attached hydrogen (secondary N) is 1. The number of hydrogen-bond donors (Lipinski definition) is 1. The number of para-hydroxylation sites is 1. The van der Waals surface area contributed by atoms with Crippen molar-refractivity contribution in [2.75, 3.05) is 32.2 Å². The minimum absolute atomic E-state index is 0.178. The SMILES string of the molecule is CCC(C[C@@H]1CC(C(=O)OC)=C2Nc3ccccc3[C@@]23CCN([C@H](C)c2cccc4ccccc24)[C@@H]13)C1OCCO1. The van der Waals surface area contributed by atoms with Crippen LogP contribution in [0.5, 0.6) is 0 Å². The average molecular weight is 553 g/mol. The molecule has 6 heteroatoms. The van der Waals surface area contributed by atoms with Gasteiger partial charge in [0, 0.05) is 35.9 Å². The number of rotatable bonds is 7. The summed E-state index contributed by atoms with van der Waals surface area (Å²) in [6, 6.07) is 24.5. The molecule has 0 saturated carbocycles. The molecule has 0 aromatic heterocycles. The highest BCUT2D eigenvalue weighted by molar-refractivity contribution is 5.93. The highest BCUT2D eigenvalue weighted by atomic mass is 16.7. The Morgan fingerprint density at radius 1 is 1.07 bits per heavy atom. The Morgan fingerprint density at radius 2 is 1.83 bits per heavy atom. The third kappa shape index (κ3) is 4.14. The Kier molecular flexibility index (Phi) is 6.88. The van der Waals surface area contributed by atoms with Crippen LogP contribution in [0.25, 0.3) is 10.8 Å². The molecule has 7 rings (SSSR count). The third-order valence-electron chi connectivity index (χ3n) is 10.3. The van der Waals surface area contributed by atoms with E-state index in [9.17, 15) is 4.79 Å². The number of fused-ring (bicyclic) bond motifs is 2. The number of methoxy groups -OCH3 is 1. The minimum atomic E-state index is -0.294. The molecule has 3 heterocycles. The zero-order chi connectivity index (χ0) is 28.1. The highest BCUT2D eigenvalue weighted by Gasteiger charge is 2.62. The molecule has 3 aromatic carbocycles. The van der Waals surface area contributed by atoms with E-state index in [-0.39, 0.29) is 41.6 Å². The fraction of sp³-hybridized carbons (Fsp3) is 0.457. The molecule has 5 atom stereocenters. The Bertz CT molecular complexity index is 1490. The van der Waals surface area contributed by atoms with E-state index in [0.29, 0.717) is 19.6 Å². The molecule has 2 saturated heterocycles. The average Bonchev–Trinajstić information content (AvgIpc) is 3.76. The molecular weight excluding hydrogens is 512 g/mol. The number of carbonyl (C=O) groups is 1. The predicted molar refractivity (Wildman–Crippen MR) is 160 cm³/mol. The molecule has 3 aliphatic heterocycles. The Balaban J connectivity index is 1.38. The maximum absolute atomic E-state index is 13.4. The van der Waals surface area contributed by atoms with Crippen LogP contribution in [0, 0.1) is 11.8 Å². The molecule has 6 nitrogen and oxygen atoms in total. The number of benzene rings is 3. The van der Waals surface area contributed by atoms with Crippen molar-refractivity contribution in [3.05, 3.63) is 89.1 Å². The molecule has 41 heavy (non-hydrogen) atoms. The standard InChI is InChI=1S/C35H40N2O4/c1-4-23(34-40-18-19-41-34)20-25-21-28(33(38)39-3)31-35(29-14-7-8-15-30(29)36-31)16-17-37(32(25)35)22(2)26-13-9-11-24-10-5-6-12-27(24)26/h5-15,22-23,25,32,34,36H,4,16-21H2,1-3H3/t22-,23?,25-,32+,35+/m1/s1. The van der Waals surface area contributed by atoms with Gasteiger partial charge in [0.1, 0.15) is 0 Å². The van der Waals surface area contributed by atoms with E-state index in [2.05, 4.69) is 90.8 Å². The molecule has 0 radical (unpaired) electrons. The summed E-state index contributed by atoms with van der Waals surface area (Å²) in [7, 11) is 1.50. The lowest BCUT2D eigenvalue weighted by molar-refractivity contribution is -0.137. The summed E-state index contributed by atoms with van der Waals surface area (Å²) in [4.78, 5) is 16.1. The number of ether oxygens (including phenoxy) is 3. The van der Waals surface area contributed by atoms with E-state index in [1.54, 1.807) is 0 Å². The van der Waals surface area contributed by atoms with Crippen molar-refractivity contribution in [2.24, 2.45) is 11.8 Å². The molecule has 1 spiro atoms. The maximum Gasteiger partial charge on any atom is 0.335 e. The van der Waals surface area contributed by atoms with Crippen molar-refractivity contribution < 1.29 is 19.0 Å². The molecule has 1 aliphatic carbocycles. The topological polar surface area (TPSA) is 60.0 Å². The fourth-order valence-electron chi connectivity index (χ4n) is 8.55. The van der Waals surface area contributed by atoms with Gasteiger partial charge < -0.3 is 19.5 Å². The number of likely N-dealkylation sites (tertiary alicyclic amines) is 1. The van der Waals surface area contributed by atoms with Crippen molar-refractivity contribution in [3.63, 3.8) is 0 Å². The van der Waals surface area contributed by atoms with Crippen LogP contribution in [0.15, 0.2) is 78.0 Å². The van der Waals surface area contributed by atoms with Gasteiger partial charge in [-0.1, -0.05) is 67.6 Å². The van der Waals surface area contributed by atoms with E-state index in [4.69, 9.17) is 14.2 Å². The Labute approximate surface area is 242 Å². The third-order valence-corrected chi connectivity index (χ3v) is 10.3. The number of nitrogens with zero attached hydrogens (tertiary/aromatic N) is 1. The summed E-state index contributed by atoms with van der Waals surface area (Å²) in [5.74, 6) is 0.281. The summed E-state index contributed by atoms with van der Waals surface area (Å²) in [6.45, 7) is 6.85. The molecular formula is C35H40N2O4. The summed E-state index contributed by atoms with van der Waals surface area (Å²) >= 11 is 0. The van der Waals surface area contributed by atoms with Crippen LogP contribution in [0.1, 0.15) is 56.7 Å². The van der Waals surface area contributed by atoms with Crippen LogP contribution < -0.4 is 5.32 Å². The van der Waals surface area contributed by atoms with Crippen molar-refractivity contribution >= 4 is 22.4 Å². The molecule has 3 aromatic rings. The van der Waals surface area contributed by atoms with E-state index in [1.807, 2.05) is 0 Å². The van der Waals surface area contributed by atoms with Gasteiger partial charge >= 0.3 is 5.97 Å². The second-order valence-electron chi connectivity index (χ2n) is 12.1. The van der Waals surface area contributed by atoms with Crippen LogP contribution in [0.4, 0.5) is 5.69 Å². The Hall–Kier alpha value is -3.19. The maximum atomic E-state index is 13.4. The minimum Gasteiger partial charge on any atom is -0.466 e. The van der Waals surface area contributed by atoms with E-state index in [0.717, 1.165) is 42.8 Å².